The van der Waals surface area contributed by atoms with E-state index in [4.69, 9.17) is 4.74 Å². The van der Waals surface area contributed by atoms with Crippen molar-refractivity contribution in [2.45, 2.75) is 0 Å². The zero-order chi connectivity index (χ0) is 21.6. The topological polar surface area (TPSA) is 89.0 Å². The van der Waals surface area contributed by atoms with Gasteiger partial charge in [0, 0.05) is 23.1 Å². The Balaban J connectivity index is 1.55. The molecule has 0 radical (unpaired) electrons. The van der Waals surface area contributed by atoms with E-state index in [1.807, 2.05) is 60.0 Å². The Morgan fingerprint density at radius 2 is 1.77 bits per heavy atom. The van der Waals surface area contributed by atoms with Gasteiger partial charge in [0.2, 0.25) is 0 Å². The van der Waals surface area contributed by atoms with E-state index in [0.717, 1.165) is 17.0 Å². The highest BCUT2D eigenvalue weighted by Crippen LogP contribution is 2.29. The van der Waals surface area contributed by atoms with Crippen LogP contribution >= 0.6 is 11.3 Å². The number of nitro benzene ring substituents is 1. The molecule has 4 aromatic rings. The number of rotatable bonds is 6. The van der Waals surface area contributed by atoms with Crippen molar-refractivity contribution in [1.82, 2.24) is 4.98 Å². The minimum absolute atomic E-state index is 0.0244. The molecule has 0 aliphatic heterocycles. The smallest absolute Gasteiger partial charge is 0.270 e. The maximum absolute atomic E-state index is 11.0. The molecule has 4 rings (SSSR count). The number of non-ortho nitro benzene ring substituents is 1. The standard InChI is InChI=1S/C24H15N3O3S/c25-15-19(13-17-5-4-6-20(14-17)27(28)29)24-26-23(16-31-24)18-9-11-22(12-10-18)30-21-7-2-1-3-8-21/h1-14,16H/b19-13+. The van der Waals surface area contributed by atoms with Crippen molar-refractivity contribution in [3.05, 3.63) is 105 Å². The number of benzene rings is 3. The highest BCUT2D eigenvalue weighted by Gasteiger charge is 2.11. The third kappa shape index (κ3) is 4.83. The summed E-state index contributed by atoms with van der Waals surface area (Å²) in [5, 5.41) is 23.0. The average molecular weight is 425 g/mol. The van der Waals surface area contributed by atoms with Crippen molar-refractivity contribution in [2.24, 2.45) is 0 Å². The van der Waals surface area contributed by atoms with Gasteiger partial charge in [0.15, 0.2) is 0 Å². The van der Waals surface area contributed by atoms with Gasteiger partial charge in [0.25, 0.3) is 5.69 Å². The van der Waals surface area contributed by atoms with Crippen LogP contribution in [0.5, 0.6) is 11.5 Å². The highest BCUT2D eigenvalue weighted by molar-refractivity contribution is 7.11. The molecule has 0 atom stereocenters. The first-order valence-electron chi connectivity index (χ1n) is 9.28. The van der Waals surface area contributed by atoms with Crippen molar-refractivity contribution in [1.29, 1.82) is 5.26 Å². The molecule has 0 spiro atoms. The molecule has 31 heavy (non-hydrogen) atoms. The Morgan fingerprint density at radius 3 is 2.48 bits per heavy atom. The second-order valence-electron chi connectivity index (χ2n) is 6.50. The number of aromatic nitrogens is 1. The van der Waals surface area contributed by atoms with E-state index in [-0.39, 0.29) is 5.69 Å². The minimum atomic E-state index is -0.462. The Kier molecular flexibility index (Phi) is 5.83. The first-order valence-corrected chi connectivity index (χ1v) is 10.2. The molecule has 0 N–H and O–H groups in total. The lowest BCUT2D eigenvalue weighted by molar-refractivity contribution is -0.384. The maximum Gasteiger partial charge on any atom is 0.270 e. The van der Waals surface area contributed by atoms with Gasteiger partial charge in [-0.2, -0.15) is 5.26 Å². The number of thiazole rings is 1. The quantitative estimate of drug-likeness (QED) is 0.198. The molecule has 0 aliphatic rings. The highest BCUT2D eigenvalue weighted by atomic mass is 32.1. The van der Waals surface area contributed by atoms with Crippen LogP contribution in [0, 0.1) is 21.4 Å². The summed E-state index contributed by atoms with van der Waals surface area (Å²) in [6, 6.07) is 25.4. The van der Waals surface area contributed by atoms with Crippen molar-refractivity contribution < 1.29 is 9.66 Å². The minimum Gasteiger partial charge on any atom is -0.457 e. The SMILES string of the molecule is N#C/C(=C\c1cccc([N+](=O)[O-])c1)c1nc(-c2ccc(Oc3ccccc3)cc2)cs1. The third-order valence-electron chi connectivity index (χ3n) is 4.38. The van der Waals surface area contributed by atoms with Crippen LogP contribution in [0.3, 0.4) is 0 Å². The number of hydrogen-bond donors (Lipinski definition) is 0. The fourth-order valence-corrected chi connectivity index (χ4v) is 3.68. The van der Waals surface area contributed by atoms with Crippen LogP contribution in [0.4, 0.5) is 5.69 Å². The van der Waals surface area contributed by atoms with Crippen LogP contribution in [-0.2, 0) is 0 Å². The summed E-state index contributed by atoms with van der Waals surface area (Å²) in [5.41, 5.74) is 2.54. The number of hydrogen-bond acceptors (Lipinski definition) is 6. The van der Waals surface area contributed by atoms with Crippen LogP contribution in [0.1, 0.15) is 10.6 Å². The first-order chi connectivity index (χ1) is 15.1. The number of allylic oxidation sites excluding steroid dienone is 1. The predicted octanol–water partition coefficient (Wildman–Crippen LogP) is 6.57. The monoisotopic (exact) mass is 425 g/mol. The van der Waals surface area contributed by atoms with Gasteiger partial charge in [-0.15, -0.1) is 11.3 Å². The second-order valence-corrected chi connectivity index (χ2v) is 7.36. The molecule has 1 aromatic heterocycles. The van der Waals surface area contributed by atoms with Crippen LogP contribution < -0.4 is 4.74 Å². The van der Waals surface area contributed by atoms with E-state index in [0.29, 0.717) is 21.9 Å². The Bertz CT molecular complexity index is 1290. The zero-order valence-corrected chi connectivity index (χ0v) is 17.0. The van der Waals surface area contributed by atoms with Crippen molar-refractivity contribution >= 4 is 28.7 Å². The molecule has 6 nitrogen and oxygen atoms in total. The molecule has 0 unspecified atom stereocenters. The Morgan fingerprint density at radius 1 is 1.03 bits per heavy atom. The summed E-state index contributed by atoms with van der Waals surface area (Å²) in [6.07, 6.45) is 1.60. The van der Waals surface area contributed by atoms with Crippen LogP contribution in [-0.4, -0.2) is 9.91 Å². The van der Waals surface area contributed by atoms with Gasteiger partial charge in [0.05, 0.1) is 16.2 Å². The fraction of sp³-hybridized carbons (Fsp3) is 0. The molecule has 150 valence electrons. The van der Waals surface area contributed by atoms with Gasteiger partial charge >= 0.3 is 0 Å². The van der Waals surface area contributed by atoms with E-state index in [2.05, 4.69) is 11.1 Å². The Hall–Kier alpha value is -4.28. The summed E-state index contributed by atoms with van der Waals surface area (Å²) in [7, 11) is 0. The van der Waals surface area contributed by atoms with Crippen molar-refractivity contribution in [3.8, 4) is 28.8 Å². The third-order valence-corrected chi connectivity index (χ3v) is 5.25. The molecule has 0 amide bonds. The van der Waals surface area contributed by atoms with Crippen LogP contribution in [0.15, 0.2) is 84.2 Å². The maximum atomic E-state index is 11.0. The number of ether oxygens (including phenoxy) is 1. The van der Waals surface area contributed by atoms with Gasteiger partial charge in [0.1, 0.15) is 22.6 Å². The molecule has 3 aromatic carbocycles. The average Bonchev–Trinajstić information content (AvgIpc) is 3.29. The van der Waals surface area contributed by atoms with E-state index < -0.39 is 4.92 Å². The zero-order valence-electron chi connectivity index (χ0n) is 16.1. The van der Waals surface area contributed by atoms with Gasteiger partial charge in [-0.25, -0.2) is 4.98 Å². The molecule has 7 heteroatoms. The number of para-hydroxylation sites is 1. The summed E-state index contributed by atoms with van der Waals surface area (Å²) < 4.78 is 5.80. The van der Waals surface area contributed by atoms with Gasteiger partial charge < -0.3 is 4.74 Å². The summed E-state index contributed by atoms with van der Waals surface area (Å²) in [4.78, 5) is 15.1. The van der Waals surface area contributed by atoms with E-state index in [1.54, 1.807) is 18.2 Å². The molecule has 0 bridgehead atoms. The summed E-state index contributed by atoms with van der Waals surface area (Å²) in [5.74, 6) is 1.48. The summed E-state index contributed by atoms with van der Waals surface area (Å²) in [6.45, 7) is 0. The molecule has 0 fully saturated rings. The van der Waals surface area contributed by atoms with Crippen LogP contribution in [0.2, 0.25) is 0 Å². The number of nitro groups is 1. The number of nitrogens with zero attached hydrogens (tertiary/aromatic N) is 3. The van der Waals surface area contributed by atoms with E-state index in [1.165, 1.54) is 23.5 Å². The van der Waals surface area contributed by atoms with Crippen molar-refractivity contribution in [2.75, 3.05) is 0 Å². The lowest BCUT2D eigenvalue weighted by atomic mass is 10.1. The fourth-order valence-electron chi connectivity index (χ4n) is 2.89. The molecular formula is C24H15N3O3S. The van der Waals surface area contributed by atoms with Gasteiger partial charge in [-0.05, 0) is 48.0 Å². The molecule has 0 saturated heterocycles. The largest absolute Gasteiger partial charge is 0.457 e. The van der Waals surface area contributed by atoms with Crippen LogP contribution in [0.25, 0.3) is 22.9 Å². The lowest BCUT2D eigenvalue weighted by Gasteiger charge is -2.05. The molecule has 0 aliphatic carbocycles. The second kappa shape index (κ2) is 9.03. The van der Waals surface area contributed by atoms with Gasteiger partial charge in [-0.3, -0.25) is 10.1 Å². The molecule has 1 heterocycles. The number of nitriles is 1. The first kappa shape index (κ1) is 20.0. The van der Waals surface area contributed by atoms with Crippen molar-refractivity contribution in [3.63, 3.8) is 0 Å². The van der Waals surface area contributed by atoms with E-state index in [9.17, 15) is 15.4 Å². The lowest BCUT2D eigenvalue weighted by Crippen LogP contribution is -1.88. The molecular weight excluding hydrogens is 410 g/mol. The normalized spacial score (nSPS) is 11.0. The summed E-state index contributed by atoms with van der Waals surface area (Å²) >= 11 is 1.35. The predicted molar refractivity (Wildman–Crippen MR) is 121 cm³/mol. The Labute approximate surface area is 182 Å². The van der Waals surface area contributed by atoms with E-state index >= 15 is 0 Å². The van der Waals surface area contributed by atoms with Gasteiger partial charge in [-0.1, -0.05) is 30.3 Å². The molecule has 0 saturated carbocycles.